The van der Waals surface area contributed by atoms with Crippen LogP contribution in [0.4, 0.5) is 0 Å². The summed E-state index contributed by atoms with van der Waals surface area (Å²) in [6.07, 6.45) is 6.55. The van der Waals surface area contributed by atoms with Crippen LogP contribution >= 0.6 is 0 Å². The monoisotopic (exact) mass is 235 g/mol. The van der Waals surface area contributed by atoms with Gasteiger partial charge in [-0.3, -0.25) is 14.3 Å². The summed E-state index contributed by atoms with van der Waals surface area (Å²) >= 11 is 0. The highest BCUT2D eigenvalue weighted by molar-refractivity contribution is 5.93. The number of hydrogen-bond donors (Lipinski definition) is 1. The zero-order chi connectivity index (χ0) is 12.4. The Kier molecular flexibility index (Phi) is 2.95. The van der Waals surface area contributed by atoms with E-state index in [9.17, 15) is 9.59 Å². The van der Waals surface area contributed by atoms with Gasteiger partial charge in [-0.15, -0.1) is 0 Å². The molecule has 17 heavy (non-hydrogen) atoms. The van der Waals surface area contributed by atoms with Crippen LogP contribution in [0.1, 0.15) is 5.56 Å². The van der Waals surface area contributed by atoms with Crippen LogP contribution in [-0.2, 0) is 16.6 Å². The maximum atomic E-state index is 11.6. The summed E-state index contributed by atoms with van der Waals surface area (Å²) in [6.45, 7) is 0.594. The Morgan fingerprint density at radius 1 is 1.53 bits per heavy atom. The van der Waals surface area contributed by atoms with Crippen molar-refractivity contribution in [3.8, 4) is 0 Å². The molecule has 0 aromatic carbocycles. The highest BCUT2D eigenvalue weighted by atomic mass is 16.4. The largest absolute Gasteiger partial charge is 0.481 e. The summed E-state index contributed by atoms with van der Waals surface area (Å²) in [4.78, 5) is 23.7. The molecule has 1 aliphatic rings. The smallest absolute Gasteiger partial charge is 0.310 e. The van der Waals surface area contributed by atoms with Crippen LogP contribution in [0.5, 0.6) is 0 Å². The van der Waals surface area contributed by atoms with Crippen LogP contribution in [0.15, 0.2) is 18.5 Å². The molecule has 2 heterocycles. The van der Waals surface area contributed by atoms with Gasteiger partial charge in [0.05, 0.1) is 12.1 Å². The second-order valence-corrected chi connectivity index (χ2v) is 4.06. The van der Waals surface area contributed by atoms with Crippen LogP contribution < -0.4 is 0 Å². The van der Waals surface area contributed by atoms with Crippen LogP contribution in [0, 0.1) is 5.92 Å². The number of carboxylic acid groups (broad SMARTS) is 1. The van der Waals surface area contributed by atoms with E-state index in [1.807, 2.05) is 0 Å². The predicted molar refractivity (Wildman–Crippen MR) is 59.9 cm³/mol. The standard InChI is InChI=1S/C11H13N3O3/c1-13-5-8(4-12-13)2-3-10(15)14-6-9(7-14)11(16)17/h2-5,9H,6-7H2,1H3,(H,16,17). The van der Waals surface area contributed by atoms with Gasteiger partial charge in [-0.25, -0.2) is 0 Å². The topological polar surface area (TPSA) is 75.4 Å². The molecule has 2 rings (SSSR count). The van der Waals surface area contributed by atoms with Crippen molar-refractivity contribution >= 4 is 18.0 Å². The van der Waals surface area contributed by atoms with Crippen LogP contribution in [-0.4, -0.2) is 44.8 Å². The number of aryl methyl sites for hydroxylation is 1. The fraction of sp³-hybridized carbons (Fsp3) is 0.364. The molecule has 1 N–H and O–H groups in total. The molecule has 1 aliphatic heterocycles. The summed E-state index contributed by atoms with van der Waals surface area (Å²) in [7, 11) is 1.80. The quantitative estimate of drug-likeness (QED) is 0.747. The normalized spacial score (nSPS) is 16.2. The molecule has 1 aromatic rings. The summed E-state index contributed by atoms with van der Waals surface area (Å²) in [5.41, 5.74) is 0.844. The van der Waals surface area contributed by atoms with Gasteiger partial charge in [-0.05, 0) is 6.08 Å². The number of nitrogens with zero attached hydrogens (tertiary/aromatic N) is 3. The van der Waals surface area contributed by atoms with Gasteiger partial charge >= 0.3 is 5.97 Å². The van der Waals surface area contributed by atoms with Gasteiger partial charge in [-0.2, -0.15) is 5.10 Å². The maximum absolute atomic E-state index is 11.6. The van der Waals surface area contributed by atoms with Crippen molar-refractivity contribution in [2.75, 3.05) is 13.1 Å². The van der Waals surface area contributed by atoms with E-state index in [1.165, 1.54) is 11.0 Å². The highest BCUT2D eigenvalue weighted by Crippen LogP contribution is 2.16. The minimum Gasteiger partial charge on any atom is -0.481 e. The Bertz CT molecular complexity index is 472. The fourth-order valence-electron chi connectivity index (χ4n) is 1.61. The number of rotatable bonds is 3. The molecular formula is C11H13N3O3. The summed E-state index contributed by atoms with van der Waals surface area (Å²) in [5, 5.41) is 12.6. The third kappa shape index (κ3) is 2.52. The number of aliphatic carboxylic acids is 1. The molecule has 6 nitrogen and oxygen atoms in total. The lowest BCUT2D eigenvalue weighted by Gasteiger charge is -2.35. The zero-order valence-electron chi connectivity index (χ0n) is 9.41. The second-order valence-electron chi connectivity index (χ2n) is 4.06. The van der Waals surface area contributed by atoms with Crippen molar-refractivity contribution < 1.29 is 14.7 Å². The van der Waals surface area contributed by atoms with Gasteiger partial charge in [0.25, 0.3) is 0 Å². The number of aromatic nitrogens is 2. The number of carboxylic acids is 1. The molecule has 0 atom stereocenters. The SMILES string of the molecule is Cn1cc(C=CC(=O)N2CC(C(=O)O)C2)cn1. The Morgan fingerprint density at radius 2 is 2.24 bits per heavy atom. The predicted octanol–water partition coefficient (Wildman–Crippen LogP) is -0.0237. The van der Waals surface area contributed by atoms with Crippen molar-refractivity contribution in [3.63, 3.8) is 0 Å². The summed E-state index contributed by atoms with van der Waals surface area (Å²) < 4.78 is 1.65. The van der Waals surface area contributed by atoms with Crippen molar-refractivity contribution in [1.29, 1.82) is 0 Å². The average Bonchev–Trinajstić information content (AvgIpc) is 2.58. The lowest BCUT2D eigenvalue weighted by molar-refractivity contribution is -0.151. The molecule has 0 saturated carbocycles. The molecule has 1 fully saturated rings. The first-order chi connectivity index (χ1) is 8.06. The molecule has 0 aliphatic carbocycles. The van der Waals surface area contributed by atoms with Gasteiger partial charge in [0.2, 0.25) is 5.91 Å². The second kappa shape index (κ2) is 4.40. The molecule has 6 heteroatoms. The Hall–Kier alpha value is -2.11. The number of likely N-dealkylation sites (tertiary alicyclic amines) is 1. The molecule has 0 spiro atoms. The summed E-state index contributed by atoms with van der Waals surface area (Å²) in [5.74, 6) is -1.41. The van der Waals surface area contributed by atoms with E-state index < -0.39 is 11.9 Å². The molecular weight excluding hydrogens is 222 g/mol. The van der Waals surface area contributed by atoms with Gasteiger partial charge in [-0.1, -0.05) is 0 Å². The number of hydrogen-bond acceptors (Lipinski definition) is 3. The van der Waals surface area contributed by atoms with Gasteiger partial charge in [0.1, 0.15) is 0 Å². The average molecular weight is 235 g/mol. The van der Waals surface area contributed by atoms with Gasteiger partial charge < -0.3 is 10.0 Å². The first-order valence-electron chi connectivity index (χ1n) is 5.24. The zero-order valence-corrected chi connectivity index (χ0v) is 9.41. The van der Waals surface area contributed by atoms with Crippen LogP contribution in [0.2, 0.25) is 0 Å². The Labute approximate surface area is 98.1 Å². The fourth-order valence-corrected chi connectivity index (χ4v) is 1.61. The minimum absolute atomic E-state index is 0.161. The van der Waals surface area contributed by atoms with Gasteiger partial charge in [0, 0.05) is 38.0 Å². The van der Waals surface area contributed by atoms with E-state index in [2.05, 4.69) is 5.10 Å². The molecule has 1 saturated heterocycles. The molecule has 0 unspecified atom stereocenters. The maximum Gasteiger partial charge on any atom is 0.310 e. The van der Waals surface area contributed by atoms with E-state index in [0.29, 0.717) is 13.1 Å². The van der Waals surface area contributed by atoms with Gasteiger partial charge in [0.15, 0.2) is 0 Å². The third-order valence-electron chi connectivity index (χ3n) is 2.69. The lowest BCUT2D eigenvalue weighted by atomic mass is 10.0. The lowest BCUT2D eigenvalue weighted by Crippen LogP contribution is -2.52. The first kappa shape index (κ1) is 11.4. The van der Waals surface area contributed by atoms with E-state index in [1.54, 1.807) is 30.2 Å². The third-order valence-corrected chi connectivity index (χ3v) is 2.69. The Morgan fingerprint density at radius 3 is 2.76 bits per heavy atom. The van der Waals surface area contributed by atoms with Crippen molar-refractivity contribution in [2.45, 2.75) is 0 Å². The van der Waals surface area contributed by atoms with Crippen molar-refractivity contribution in [2.24, 2.45) is 13.0 Å². The minimum atomic E-state index is -0.842. The van der Waals surface area contributed by atoms with Crippen LogP contribution in [0.25, 0.3) is 6.08 Å². The van der Waals surface area contributed by atoms with E-state index in [-0.39, 0.29) is 5.91 Å². The molecule has 1 amide bonds. The van der Waals surface area contributed by atoms with Crippen molar-refractivity contribution in [3.05, 3.63) is 24.0 Å². The molecule has 0 radical (unpaired) electrons. The molecule has 0 bridgehead atoms. The molecule has 1 aromatic heterocycles. The number of carbonyl (C=O) groups is 2. The first-order valence-corrected chi connectivity index (χ1v) is 5.24. The Balaban J connectivity index is 1.87. The summed E-state index contributed by atoms with van der Waals surface area (Å²) in [6, 6.07) is 0. The van der Waals surface area contributed by atoms with E-state index in [4.69, 9.17) is 5.11 Å². The molecule has 90 valence electrons. The number of amides is 1. The van der Waals surface area contributed by atoms with E-state index >= 15 is 0 Å². The van der Waals surface area contributed by atoms with E-state index in [0.717, 1.165) is 5.56 Å². The highest BCUT2D eigenvalue weighted by Gasteiger charge is 2.34. The van der Waals surface area contributed by atoms with Crippen molar-refractivity contribution in [1.82, 2.24) is 14.7 Å². The van der Waals surface area contributed by atoms with Crippen LogP contribution in [0.3, 0.4) is 0 Å². The number of carbonyl (C=O) groups excluding carboxylic acids is 1.